The summed E-state index contributed by atoms with van der Waals surface area (Å²) in [5.41, 5.74) is -0.979. The Balaban J connectivity index is 1.93. The molecule has 0 radical (unpaired) electrons. The minimum Gasteiger partial charge on any atom is -0.502 e. The molecule has 0 saturated carbocycles. The fourth-order valence-corrected chi connectivity index (χ4v) is 3.28. The van der Waals surface area contributed by atoms with Crippen LogP contribution < -0.4 is 10.2 Å². The van der Waals surface area contributed by atoms with Gasteiger partial charge in [-0.15, -0.1) is 0 Å². The van der Waals surface area contributed by atoms with Gasteiger partial charge in [0.1, 0.15) is 11.5 Å². The second-order valence-electron chi connectivity index (χ2n) is 5.61. The van der Waals surface area contributed by atoms with E-state index in [1.807, 2.05) is 4.72 Å². The zero-order chi connectivity index (χ0) is 19.0. The molecule has 0 saturated heterocycles. The Hall–Kier alpha value is -2.59. The van der Waals surface area contributed by atoms with Crippen LogP contribution >= 0.6 is 11.6 Å². The number of thiol groups is 1. The fourth-order valence-electron chi connectivity index (χ4n) is 2.72. The number of aromatic hydroxyl groups is 1. The second kappa shape index (κ2) is 6.96. The lowest BCUT2D eigenvalue weighted by Gasteiger charge is -2.30. The summed E-state index contributed by atoms with van der Waals surface area (Å²) in [7, 11) is -3.09. The number of rotatable bonds is 4. The predicted molar refractivity (Wildman–Crippen MR) is 92.5 cm³/mol. The zero-order valence-electron chi connectivity index (χ0n) is 13.1. The molecule has 138 valence electrons. The van der Waals surface area contributed by atoms with E-state index in [0.717, 1.165) is 0 Å². The molecule has 2 N–H and O–H groups in total. The van der Waals surface area contributed by atoms with Crippen LogP contribution in [0.25, 0.3) is 0 Å². The van der Waals surface area contributed by atoms with Crippen LogP contribution in [0.5, 0.6) is 5.75 Å². The van der Waals surface area contributed by atoms with Crippen LogP contribution in [0.2, 0.25) is 5.02 Å². The first-order valence-electron chi connectivity index (χ1n) is 7.38. The number of nitrogens with zero attached hydrogens (tertiary/aromatic N) is 2. The molecule has 2 heterocycles. The summed E-state index contributed by atoms with van der Waals surface area (Å²) in [4.78, 5) is 26.1. The standard InChI is InChI=1S/C15H13ClFN3O5S/c16-9-5-8(1-2-10(9)17)6-20-4-3-19-7-11(18-26(24)25)13(21)14(22)12(19)15(20)23/h1-2,5,7,22,26H,3-4,6H2,(H,18,24,25). The average molecular weight is 402 g/mol. The Labute approximate surface area is 153 Å². The van der Waals surface area contributed by atoms with Crippen LogP contribution in [0.15, 0.2) is 29.2 Å². The van der Waals surface area contributed by atoms with Gasteiger partial charge in [0.05, 0.1) is 5.02 Å². The van der Waals surface area contributed by atoms with E-state index in [-0.39, 0.29) is 36.0 Å². The summed E-state index contributed by atoms with van der Waals surface area (Å²) >= 11 is 5.73. The lowest BCUT2D eigenvalue weighted by Crippen LogP contribution is -2.41. The third-order valence-corrected chi connectivity index (χ3v) is 4.64. The first-order chi connectivity index (χ1) is 12.3. The molecule has 0 atom stereocenters. The molecule has 2 aromatic rings. The summed E-state index contributed by atoms with van der Waals surface area (Å²) in [5.74, 6) is -2.02. The molecule has 8 nitrogen and oxygen atoms in total. The van der Waals surface area contributed by atoms with Crippen molar-refractivity contribution in [2.24, 2.45) is 0 Å². The van der Waals surface area contributed by atoms with Gasteiger partial charge in [0.2, 0.25) is 16.3 Å². The third-order valence-electron chi connectivity index (χ3n) is 3.93. The molecule has 0 fully saturated rings. The van der Waals surface area contributed by atoms with E-state index in [2.05, 4.69) is 0 Å². The second-order valence-corrected chi connectivity index (χ2v) is 6.75. The molecule has 1 aliphatic rings. The van der Waals surface area contributed by atoms with Crippen LogP contribution in [0.1, 0.15) is 16.1 Å². The Morgan fingerprint density at radius 2 is 2.00 bits per heavy atom. The van der Waals surface area contributed by atoms with Crippen molar-refractivity contribution >= 4 is 34.1 Å². The zero-order valence-corrected chi connectivity index (χ0v) is 14.8. The molecule has 1 aromatic heterocycles. The minimum atomic E-state index is -3.09. The number of hydrogen-bond donors (Lipinski definition) is 3. The first-order valence-corrected chi connectivity index (χ1v) is 8.94. The lowest BCUT2D eigenvalue weighted by atomic mass is 10.1. The Kier molecular flexibility index (Phi) is 4.88. The van der Waals surface area contributed by atoms with Gasteiger partial charge in [-0.1, -0.05) is 17.7 Å². The van der Waals surface area contributed by atoms with Gasteiger partial charge >= 0.3 is 0 Å². The van der Waals surface area contributed by atoms with E-state index in [9.17, 15) is 27.5 Å². The number of hydrogen-bond acceptors (Lipinski definition) is 5. The van der Waals surface area contributed by atoms with E-state index in [0.29, 0.717) is 5.56 Å². The third kappa shape index (κ3) is 3.37. The Bertz CT molecular complexity index is 1030. The highest BCUT2D eigenvalue weighted by molar-refractivity contribution is 7.73. The fraction of sp³-hybridized carbons (Fsp3) is 0.200. The quantitative estimate of drug-likeness (QED) is 0.661. The predicted octanol–water partition coefficient (Wildman–Crippen LogP) is 0.941. The van der Waals surface area contributed by atoms with Crippen molar-refractivity contribution in [3.8, 4) is 5.75 Å². The molecule has 0 spiro atoms. The maximum absolute atomic E-state index is 13.2. The van der Waals surface area contributed by atoms with Gasteiger partial charge in [-0.05, 0) is 17.7 Å². The van der Waals surface area contributed by atoms with Gasteiger partial charge < -0.3 is 14.6 Å². The number of carbonyl (C=O) groups excluding carboxylic acids is 1. The van der Waals surface area contributed by atoms with Crippen molar-refractivity contribution in [2.75, 3.05) is 11.3 Å². The topological polar surface area (TPSA) is 109 Å². The summed E-state index contributed by atoms with van der Waals surface area (Å²) in [6.45, 7) is 0.582. The maximum atomic E-state index is 13.2. The molecule has 0 aliphatic carbocycles. The van der Waals surface area contributed by atoms with Crippen molar-refractivity contribution in [3.63, 3.8) is 0 Å². The number of fused-ring (bicyclic) bond motifs is 1. The summed E-state index contributed by atoms with van der Waals surface area (Å²) in [6, 6.07) is 4.06. The smallest absolute Gasteiger partial charge is 0.274 e. The van der Waals surface area contributed by atoms with Gasteiger partial charge in [0.15, 0.2) is 11.4 Å². The van der Waals surface area contributed by atoms with Crippen LogP contribution in [-0.2, 0) is 24.0 Å². The average Bonchev–Trinajstić information content (AvgIpc) is 2.57. The van der Waals surface area contributed by atoms with E-state index in [1.165, 1.54) is 33.9 Å². The molecule has 1 aliphatic heterocycles. The summed E-state index contributed by atoms with van der Waals surface area (Å²) in [5, 5.41) is 10.0. The SMILES string of the molecule is O=C1c2c(O)c(=O)c(N[SH](=O)=O)cn2CCN1Cc1ccc(F)c(Cl)c1. The molecule has 1 amide bonds. The van der Waals surface area contributed by atoms with Crippen molar-refractivity contribution in [1.29, 1.82) is 0 Å². The van der Waals surface area contributed by atoms with E-state index < -0.39 is 33.8 Å². The van der Waals surface area contributed by atoms with Crippen molar-refractivity contribution in [2.45, 2.75) is 13.1 Å². The van der Waals surface area contributed by atoms with Crippen LogP contribution in [0.3, 0.4) is 0 Å². The van der Waals surface area contributed by atoms with Crippen LogP contribution in [0, 0.1) is 5.82 Å². The highest BCUT2D eigenvalue weighted by Gasteiger charge is 2.29. The van der Waals surface area contributed by atoms with Crippen LogP contribution in [-0.4, -0.2) is 35.4 Å². The summed E-state index contributed by atoms with van der Waals surface area (Å²) < 4.78 is 38.0. The van der Waals surface area contributed by atoms with E-state index in [1.54, 1.807) is 0 Å². The Morgan fingerprint density at radius 3 is 2.65 bits per heavy atom. The molecule has 0 unspecified atom stereocenters. The van der Waals surface area contributed by atoms with Crippen molar-refractivity contribution < 1.29 is 22.7 Å². The highest BCUT2D eigenvalue weighted by Crippen LogP contribution is 2.24. The normalized spacial score (nSPS) is 13.8. The summed E-state index contributed by atoms with van der Waals surface area (Å²) in [6.07, 6.45) is 1.17. The van der Waals surface area contributed by atoms with E-state index in [4.69, 9.17) is 11.6 Å². The minimum absolute atomic E-state index is 0.0751. The highest BCUT2D eigenvalue weighted by atomic mass is 35.5. The van der Waals surface area contributed by atoms with Gasteiger partial charge in [0, 0.05) is 25.8 Å². The van der Waals surface area contributed by atoms with Gasteiger partial charge in [-0.25, -0.2) is 12.8 Å². The number of pyridine rings is 1. The molecule has 3 rings (SSSR count). The number of halogens is 2. The van der Waals surface area contributed by atoms with Gasteiger partial charge in [0.25, 0.3) is 5.91 Å². The van der Waals surface area contributed by atoms with Crippen LogP contribution in [0.4, 0.5) is 10.1 Å². The number of amides is 1. The molecular weight excluding hydrogens is 389 g/mol. The number of nitrogens with one attached hydrogen (secondary N) is 1. The molecule has 26 heavy (non-hydrogen) atoms. The number of aromatic nitrogens is 1. The largest absolute Gasteiger partial charge is 0.502 e. The maximum Gasteiger partial charge on any atom is 0.274 e. The number of anilines is 1. The first kappa shape index (κ1) is 18.2. The Morgan fingerprint density at radius 1 is 1.27 bits per heavy atom. The number of benzene rings is 1. The number of carbonyl (C=O) groups is 1. The monoisotopic (exact) mass is 401 g/mol. The van der Waals surface area contributed by atoms with Gasteiger partial charge in [-0.2, -0.15) is 0 Å². The van der Waals surface area contributed by atoms with Crippen molar-refractivity contribution in [1.82, 2.24) is 9.47 Å². The van der Waals surface area contributed by atoms with E-state index >= 15 is 0 Å². The van der Waals surface area contributed by atoms with Crippen molar-refractivity contribution in [3.05, 3.63) is 56.7 Å². The van der Waals surface area contributed by atoms with Gasteiger partial charge in [-0.3, -0.25) is 14.3 Å². The molecule has 11 heteroatoms. The molecule has 0 bridgehead atoms. The molecule has 1 aromatic carbocycles. The molecular formula is C15H13ClFN3O5S. The lowest BCUT2D eigenvalue weighted by molar-refractivity contribution is 0.0683.